The quantitative estimate of drug-likeness (QED) is 0.461. The predicted octanol–water partition coefficient (Wildman–Crippen LogP) is 3.85. The molecular weight excluding hydrogens is 404 g/mol. The lowest BCUT2D eigenvalue weighted by molar-refractivity contribution is -0.121. The number of nitrogens with one attached hydrogen (secondary N) is 1. The molecule has 0 spiro atoms. The standard InChI is InChI=1S/C25H24N4O3/c30-24(27-15-19-11-12-21-22(14-19)32-17-31-21)10-4-9-23-28-20-8-5-13-26-25(20)29(23)16-18-6-2-1-3-7-18/h1-3,5-8,11-14H,4,9-10,15-17H2,(H,27,30). The van der Waals surface area contributed by atoms with Crippen LogP contribution >= 0.6 is 0 Å². The fraction of sp³-hybridized carbons (Fsp3) is 0.240. The number of aryl methyl sites for hydroxylation is 1. The van der Waals surface area contributed by atoms with Gasteiger partial charge in [0.25, 0.3) is 0 Å². The smallest absolute Gasteiger partial charge is 0.231 e. The summed E-state index contributed by atoms with van der Waals surface area (Å²) < 4.78 is 12.9. The van der Waals surface area contributed by atoms with Crippen LogP contribution in [-0.2, 0) is 24.3 Å². The van der Waals surface area contributed by atoms with Crippen LogP contribution < -0.4 is 14.8 Å². The molecule has 1 amide bonds. The van der Waals surface area contributed by atoms with Crippen LogP contribution in [0.1, 0.15) is 29.8 Å². The van der Waals surface area contributed by atoms with Gasteiger partial charge in [-0.3, -0.25) is 4.79 Å². The second-order valence-electron chi connectivity index (χ2n) is 7.76. The van der Waals surface area contributed by atoms with Gasteiger partial charge >= 0.3 is 0 Å². The number of carbonyl (C=O) groups excluding carboxylic acids is 1. The Kier molecular flexibility index (Phi) is 5.70. The van der Waals surface area contributed by atoms with Crippen LogP contribution in [0.25, 0.3) is 11.2 Å². The predicted molar refractivity (Wildman–Crippen MR) is 120 cm³/mol. The van der Waals surface area contributed by atoms with Gasteiger partial charge in [0.15, 0.2) is 17.1 Å². The third-order valence-electron chi connectivity index (χ3n) is 5.50. The molecule has 7 heteroatoms. The van der Waals surface area contributed by atoms with Crippen LogP contribution in [0, 0.1) is 0 Å². The van der Waals surface area contributed by atoms with Crippen LogP contribution in [0.15, 0.2) is 66.9 Å². The Balaban J connectivity index is 1.19. The Labute approximate surface area is 186 Å². The molecule has 5 rings (SSSR count). The number of rotatable bonds is 8. The lowest BCUT2D eigenvalue weighted by atomic mass is 10.2. The molecule has 0 unspecified atom stereocenters. The summed E-state index contributed by atoms with van der Waals surface area (Å²) in [4.78, 5) is 21.7. The topological polar surface area (TPSA) is 78.3 Å². The van der Waals surface area contributed by atoms with E-state index in [0.717, 1.165) is 34.1 Å². The molecule has 1 aliphatic rings. The lowest BCUT2D eigenvalue weighted by Crippen LogP contribution is -2.22. The van der Waals surface area contributed by atoms with Crippen molar-refractivity contribution in [2.75, 3.05) is 6.79 Å². The summed E-state index contributed by atoms with van der Waals surface area (Å²) >= 11 is 0. The number of nitrogens with zero attached hydrogens (tertiary/aromatic N) is 3. The zero-order valence-corrected chi connectivity index (χ0v) is 17.7. The van der Waals surface area contributed by atoms with Crippen LogP contribution in [0.3, 0.4) is 0 Å². The summed E-state index contributed by atoms with van der Waals surface area (Å²) in [6, 6.07) is 19.9. The Morgan fingerprint density at radius 1 is 1.00 bits per heavy atom. The molecular formula is C25H24N4O3. The fourth-order valence-electron chi connectivity index (χ4n) is 3.88. The SMILES string of the molecule is O=C(CCCc1nc2cccnc2n1Cc1ccccc1)NCc1ccc2c(c1)OCO2. The molecule has 2 aromatic heterocycles. The van der Waals surface area contributed by atoms with E-state index in [4.69, 9.17) is 14.5 Å². The van der Waals surface area contributed by atoms with E-state index < -0.39 is 0 Å². The first kappa shape index (κ1) is 20.1. The minimum Gasteiger partial charge on any atom is -0.454 e. The molecule has 0 saturated carbocycles. The Morgan fingerprint density at radius 3 is 2.78 bits per heavy atom. The van der Waals surface area contributed by atoms with Gasteiger partial charge in [0, 0.05) is 25.6 Å². The van der Waals surface area contributed by atoms with Gasteiger partial charge in [0.05, 0.1) is 6.54 Å². The van der Waals surface area contributed by atoms with Gasteiger partial charge in [0.2, 0.25) is 12.7 Å². The lowest BCUT2D eigenvalue weighted by Gasteiger charge is -2.09. The van der Waals surface area contributed by atoms with Crippen molar-refractivity contribution < 1.29 is 14.3 Å². The maximum absolute atomic E-state index is 12.4. The van der Waals surface area contributed by atoms with Gasteiger partial charge in [-0.25, -0.2) is 9.97 Å². The molecule has 0 saturated heterocycles. The van der Waals surface area contributed by atoms with E-state index in [2.05, 4.69) is 27.0 Å². The number of ether oxygens (including phenoxy) is 2. The van der Waals surface area contributed by atoms with Crippen molar-refractivity contribution >= 4 is 17.1 Å². The van der Waals surface area contributed by atoms with Crippen LogP contribution in [-0.4, -0.2) is 27.2 Å². The highest BCUT2D eigenvalue weighted by Gasteiger charge is 2.14. The molecule has 0 bridgehead atoms. The third kappa shape index (κ3) is 4.42. The molecule has 162 valence electrons. The molecule has 0 radical (unpaired) electrons. The summed E-state index contributed by atoms with van der Waals surface area (Å²) in [5.41, 5.74) is 3.93. The molecule has 1 aliphatic heterocycles. The van der Waals surface area contributed by atoms with E-state index in [1.54, 1.807) is 6.20 Å². The highest BCUT2D eigenvalue weighted by Crippen LogP contribution is 2.32. The Hall–Kier alpha value is -3.87. The molecule has 0 aliphatic carbocycles. The van der Waals surface area contributed by atoms with Crippen molar-refractivity contribution in [1.29, 1.82) is 0 Å². The van der Waals surface area contributed by atoms with Crippen molar-refractivity contribution in [1.82, 2.24) is 19.9 Å². The van der Waals surface area contributed by atoms with Crippen molar-refractivity contribution in [3.8, 4) is 11.5 Å². The zero-order chi connectivity index (χ0) is 21.8. The number of carbonyl (C=O) groups is 1. The van der Waals surface area contributed by atoms with E-state index in [0.29, 0.717) is 32.4 Å². The number of aromatic nitrogens is 3. The Bertz CT molecular complexity index is 1240. The second-order valence-corrected chi connectivity index (χ2v) is 7.76. The van der Waals surface area contributed by atoms with Gasteiger partial charge in [-0.05, 0) is 41.8 Å². The maximum Gasteiger partial charge on any atom is 0.231 e. The van der Waals surface area contributed by atoms with E-state index in [1.807, 2.05) is 48.5 Å². The number of amides is 1. The average molecular weight is 428 g/mol. The molecule has 2 aromatic carbocycles. The van der Waals surface area contributed by atoms with Gasteiger partial charge < -0.3 is 19.4 Å². The van der Waals surface area contributed by atoms with Gasteiger partial charge in [-0.1, -0.05) is 36.4 Å². The van der Waals surface area contributed by atoms with Gasteiger partial charge in [0.1, 0.15) is 11.3 Å². The molecule has 4 aromatic rings. The molecule has 32 heavy (non-hydrogen) atoms. The van der Waals surface area contributed by atoms with Crippen molar-refractivity contribution in [3.05, 3.63) is 83.8 Å². The molecule has 1 N–H and O–H groups in total. The second kappa shape index (κ2) is 9.09. The Morgan fingerprint density at radius 2 is 1.88 bits per heavy atom. The molecule has 3 heterocycles. The summed E-state index contributed by atoms with van der Waals surface area (Å²) in [6.45, 7) is 1.42. The largest absolute Gasteiger partial charge is 0.454 e. The number of imidazole rings is 1. The monoisotopic (exact) mass is 428 g/mol. The number of fused-ring (bicyclic) bond motifs is 2. The molecule has 0 atom stereocenters. The number of pyridine rings is 1. The first-order chi connectivity index (χ1) is 15.8. The normalized spacial score (nSPS) is 12.2. The minimum absolute atomic E-state index is 0.0199. The maximum atomic E-state index is 12.4. The third-order valence-corrected chi connectivity index (χ3v) is 5.50. The minimum atomic E-state index is 0.0199. The highest BCUT2D eigenvalue weighted by atomic mass is 16.7. The van der Waals surface area contributed by atoms with Crippen molar-refractivity contribution in [3.63, 3.8) is 0 Å². The van der Waals surface area contributed by atoms with Crippen LogP contribution in [0.2, 0.25) is 0 Å². The van der Waals surface area contributed by atoms with E-state index in [-0.39, 0.29) is 12.7 Å². The molecule has 7 nitrogen and oxygen atoms in total. The average Bonchev–Trinajstić information content (AvgIpc) is 3.43. The van der Waals surface area contributed by atoms with Crippen molar-refractivity contribution in [2.45, 2.75) is 32.4 Å². The first-order valence-electron chi connectivity index (χ1n) is 10.8. The van der Waals surface area contributed by atoms with E-state index in [9.17, 15) is 4.79 Å². The van der Waals surface area contributed by atoms with Crippen molar-refractivity contribution in [2.24, 2.45) is 0 Å². The summed E-state index contributed by atoms with van der Waals surface area (Å²) in [7, 11) is 0. The number of hydrogen-bond donors (Lipinski definition) is 1. The zero-order valence-electron chi connectivity index (χ0n) is 17.7. The van der Waals surface area contributed by atoms with Gasteiger partial charge in [-0.2, -0.15) is 0 Å². The number of hydrogen-bond acceptors (Lipinski definition) is 5. The number of benzene rings is 2. The highest BCUT2D eigenvalue weighted by molar-refractivity contribution is 5.76. The summed E-state index contributed by atoms with van der Waals surface area (Å²) in [6.07, 6.45) is 3.65. The fourth-order valence-corrected chi connectivity index (χ4v) is 3.88. The van der Waals surface area contributed by atoms with Crippen LogP contribution in [0.4, 0.5) is 0 Å². The van der Waals surface area contributed by atoms with Gasteiger partial charge in [-0.15, -0.1) is 0 Å². The summed E-state index contributed by atoms with van der Waals surface area (Å²) in [5, 5.41) is 2.98. The summed E-state index contributed by atoms with van der Waals surface area (Å²) in [5.74, 6) is 2.44. The van der Waals surface area contributed by atoms with Crippen LogP contribution in [0.5, 0.6) is 11.5 Å². The van der Waals surface area contributed by atoms with E-state index in [1.165, 1.54) is 5.56 Å². The van der Waals surface area contributed by atoms with E-state index >= 15 is 0 Å². The first-order valence-corrected chi connectivity index (χ1v) is 10.8. The molecule has 0 fully saturated rings.